The van der Waals surface area contributed by atoms with Gasteiger partial charge in [0.1, 0.15) is 5.75 Å². The van der Waals surface area contributed by atoms with Crippen molar-refractivity contribution >= 4 is 21.6 Å². The minimum absolute atomic E-state index is 0.244. The summed E-state index contributed by atoms with van der Waals surface area (Å²) >= 11 is 0. The van der Waals surface area contributed by atoms with Gasteiger partial charge in [-0.2, -0.15) is 0 Å². The normalized spacial score (nSPS) is 13.1. The molecule has 0 atom stereocenters. The van der Waals surface area contributed by atoms with Gasteiger partial charge in [-0.15, -0.1) is 0 Å². The average Bonchev–Trinajstić information content (AvgIpc) is 2.85. The number of hydrogen-bond donors (Lipinski definition) is 2. The molecule has 8 nitrogen and oxygen atoms in total. The van der Waals surface area contributed by atoms with Crippen molar-refractivity contribution in [1.29, 1.82) is 0 Å². The van der Waals surface area contributed by atoms with E-state index in [1.165, 1.54) is 11.8 Å². The molecule has 1 aliphatic rings. The maximum Gasteiger partial charge on any atom is 0.261 e. The van der Waals surface area contributed by atoms with Crippen molar-refractivity contribution < 1.29 is 22.7 Å². The lowest BCUT2D eigenvalue weighted by Crippen LogP contribution is -2.26. The Morgan fingerprint density at radius 1 is 1.00 bits per heavy atom. The number of rotatable bonds is 9. The Balaban J connectivity index is 1.37. The van der Waals surface area contributed by atoms with Crippen molar-refractivity contribution in [3.05, 3.63) is 77.5 Å². The zero-order valence-electron chi connectivity index (χ0n) is 18.9. The number of methoxy groups -OCH3 is 1. The lowest BCUT2D eigenvalue weighted by Gasteiger charge is -2.17. The van der Waals surface area contributed by atoms with Crippen molar-refractivity contribution in [3.8, 4) is 11.6 Å². The minimum atomic E-state index is -3.69. The molecule has 1 aromatic heterocycles. The van der Waals surface area contributed by atoms with Crippen molar-refractivity contribution in [3.63, 3.8) is 0 Å². The van der Waals surface area contributed by atoms with Crippen LogP contribution in [0.2, 0.25) is 0 Å². The Bertz CT molecular complexity index is 1240. The van der Waals surface area contributed by atoms with Gasteiger partial charge in [0.05, 0.1) is 17.1 Å². The summed E-state index contributed by atoms with van der Waals surface area (Å²) in [6.45, 7) is 0.843. The third-order valence-electron chi connectivity index (χ3n) is 5.55. The van der Waals surface area contributed by atoms with Gasteiger partial charge in [0.25, 0.3) is 15.9 Å². The number of benzene rings is 2. The van der Waals surface area contributed by atoms with Crippen LogP contribution >= 0.6 is 0 Å². The highest BCUT2D eigenvalue weighted by atomic mass is 32.2. The highest BCUT2D eigenvalue weighted by molar-refractivity contribution is 7.92. The molecule has 0 radical (unpaired) electrons. The van der Waals surface area contributed by atoms with Crippen molar-refractivity contribution in [2.45, 2.75) is 30.6 Å². The number of aromatic nitrogens is 1. The van der Waals surface area contributed by atoms with Gasteiger partial charge in [-0.25, -0.2) is 13.4 Å². The second-order valence-corrected chi connectivity index (χ2v) is 9.69. The molecule has 2 aromatic carbocycles. The molecule has 3 aromatic rings. The molecule has 2 N–H and O–H groups in total. The van der Waals surface area contributed by atoms with Gasteiger partial charge in [-0.05, 0) is 79.3 Å². The molecule has 9 heteroatoms. The maximum atomic E-state index is 12.8. The monoisotopic (exact) mass is 481 g/mol. The number of nitrogens with zero attached hydrogens (tertiary/aromatic N) is 1. The Morgan fingerprint density at radius 3 is 2.47 bits per heavy atom. The van der Waals surface area contributed by atoms with Gasteiger partial charge < -0.3 is 14.8 Å². The summed E-state index contributed by atoms with van der Waals surface area (Å²) in [4.78, 5) is 16.4. The summed E-state index contributed by atoms with van der Waals surface area (Å²) in [6.07, 6.45) is 5.58. The third kappa shape index (κ3) is 5.92. The SMILES string of the molecule is COCCNC(=O)c1ccc(Oc2ccc(NS(=O)(=O)c3ccc4c(c3)CCCC4)cc2)nc1. The Labute approximate surface area is 199 Å². The van der Waals surface area contributed by atoms with Crippen LogP contribution in [0.5, 0.6) is 11.6 Å². The van der Waals surface area contributed by atoms with Gasteiger partial charge in [0.2, 0.25) is 5.88 Å². The predicted molar refractivity (Wildman–Crippen MR) is 129 cm³/mol. The van der Waals surface area contributed by atoms with E-state index in [0.717, 1.165) is 31.2 Å². The topological polar surface area (TPSA) is 107 Å². The van der Waals surface area contributed by atoms with Crippen LogP contribution in [-0.2, 0) is 27.6 Å². The van der Waals surface area contributed by atoms with Crippen LogP contribution in [0.3, 0.4) is 0 Å². The molecular formula is C25H27N3O5S. The Morgan fingerprint density at radius 2 is 1.76 bits per heavy atom. The summed E-state index contributed by atoms with van der Waals surface area (Å²) < 4.78 is 38.9. The number of fused-ring (bicyclic) bond motifs is 1. The predicted octanol–water partition coefficient (Wildman–Crippen LogP) is 3.93. The van der Waals surface area contributed by atoms with Gasteiger partial charge >= 0.3 is 0 Å². The molecule has 0 aliphatic heterocycles. The van der Waals surface area contributed by atoms with Crippen molar-refractivity contribution in [1.82, 2.24) is 10.3 Å². The number of anilines is 1. The molecule has 0 saturated heterocycles. The van der Waals surface area contributed by atoms with Gasteiger partial charge in [-0.3, -0.25) is 9.52 Å². The highest BCUT2D eigenvalue weighted by Gasteiger charge is 2.18. The first-order valence-electron chi connectivity index (χ1n) is 11.1. The zero-order chi connectivity index (χ0) is 24.0. The van der Waals surface area contributed by atoms with E-state index < -0.39 is 10.0 Å². The largest absolute Gasteiger partial charge is 0.439 e. The Kier molecular flexibility index (Phi) is 7.44. The smallest absolute Gasteiger partial charge is 0.261 e. The molecule has 0 saturated carbocycles. The number of ether oxygens (including phenoxy) is 2. The molecule has 0 bridgehead atoms. The first kappa shape index (κ1) is 23.7. The number of carbonyl (C=O) groups is 1. The number of pyridine rings is 1. The fraction of sp³-hybridized carbons (Fsp3) is 0.280. The lowest BCUT2D eigenvalue weighted by molar-refractivity contribution is 0.0936. The van der Waals surface area contributed by atoms with E-state index in [1.54, 1.807) is 55.6 Å². The fourth-order valence-corrected chi connectivity index (χ4v) is 4.86. The van der Waals surface area contributed by atoms with E-state index in [2.05, 4.69) is 15.0 Å². The van der Waals surface area contributed by atoms with Crippen LogP contribution in [0.1, 0.15) is 34.3 Å². The average molecular weight is 482 g/mol. The first-order chi connectivity index (χ1) is 16.4. The molecule has 1 heterocycles. The zero-order valence-corrected chi connectivity index (χ0v) is 19.7. The lowest BCUT2D eigenvalue weighted by atomic mass is 9.92. The van der Waals surface area contributed by atoms with E-state index in [-0.39, 0.29) is 10.8 Å². The molecule has 34 heavy (non-hydrogen) atoms. The molecule has 178 valence electrons. The van der Waals surface area contributed by atoms with Gasteiger partial charge in [0, 0.05) is 31.6 Å². The summed E-state index contributed by atoms with van der Waals surface area (Å²) in [5.74, 6) is 0.559. The second kappa shape index (κ2) is 10.7. The highest BCUT2D eigenvalue weighted by Crippen LogP contribution is 2.26. The van der Waals surface area contributed by atoms with Crippen LogP contribution in [0.25, 0.3) is 0 Å². The van der Waals surface area contributed by atoms with Crippen LogP contribution in [0.4, 0.5) is 5.69 Å². The van der Waals surface area contributed by atoms with E-state index >= 15 is 0 Å². The number of nitrogens with one attached hydrogen (secondary N) is 2. The second-order valence-electron chi connectivity index (χ2n) is 8.00. The Hall–Kier alpha value is -3.43. The number of carbonyl (C=O) groups excluding carboxylic acids is 1. The van der Waals surface area contributed by atoms with E-state index in [1.807, 2.05) is 6.07 Å². The fourth-order valence-electron chi connectivity index (χ4n) is 3.75. The van der Waals surface area contributed by atoms with Gasteiger partial charge in [-0.1, -0.05) is 6.07 Å². The summed E-state index contributed by atoms with van der Waals surface area (Å²) in [5.41, 5.74) is 3.19. The van der Waals surface area contributed by atoms with Gasteiger partial charge in [0.15, 0.2) is 0 Å². The summed E-state index contributed by atoms with van der Waals surface area (Å²) in [7, 11) is -2.12. The molecule has 1 aliphatic carbocycles. The molecule has 1 amide bonds. The van der Waals surface area contributed by atoms with Crippen LogP contribution in [0.15, 0.2) is 65.7 Å². The van der Waals surface area contributed by atoms with Crippen LogP contribution < -0.4 is 14.8 Å². The molecular weight excluding hydrogens is 454 g/mol. The molecule has 0 spiro atoms. The van der Waals surface area contributed by atoms with E-state index in [0.29, 0.717) is 36.0 Å². The summed E-state index contributed by atoms with van der Waals surface area (Å²) in [5, 5.41) is 2.72. The van der Waals surface area contributed by atoms with E-state index in [4.69, 9.17) is 9.47 Å². The van der Waals surface area contributed by atoms with Crippen LogP contribution in [-0.4, -0.2) is 39.6 Å². The standard InChI is InChI=1S/C25H27N3O5S/c1-32-15-14-26-25(29)20-7-13-24(27-17-20)33-22-10-8-21(9-11-22)28-34(30,31)23-12-6-18-4-2-3-5-19(18)16-23/h6-13,16-17,28H,2-5,14-15H2,1H3,(H,26,29). The number of aryl methyl sites for hydroxylation is 2. The maximum absolute atomic E-state index is 12.8. The quantitative estimate of drug-likeness (QED) is 0.449. The van der Waals surface area contributed by atoms with Crippen molar-refractivity contribution in [2.24, 2.45) is 0 Å². The van der Waals surface area contributed by atoms with Crippen molar-refractivity contribution in [2.75, 3.05) is 25.0 Å². The van der Waals surface area contributed by atoms with E-state index in [9.17, 15) is 13.2 Å². The van der Waals surface area contributed by atoms with Crippen LogP contribution in [0, 0.1) is 0 Å². The molecule has 0 fully saturated rings. The number of amides is 1. The number of hydrogen-bond acceptors (Lipinski definition) is 6. The molecule has 0 unspecified atom stereocenters. The third-order valence-corrected chi connectivity index (χ3v) is 6.93. The first-order valence-corrected chi connectivity index (χ1v) is 12.6. The minimum Gasteiger partial charge on any atom is -0.439 e. The number of sulfonamides is 1. The molecule has 4 rings (SSSR count). The summed E-state index contributed by atoms with van der Waals surface area (Å²) in [6, 6.07) is 15.1.